The van der Waals surface area contributed by atoms with Crippen LogP contribution in [-0.4, -0.2) is 45.8 Å². The molecule has 0 radical (unpaired) electrons. The highest BCUT2D eigenvalue weighted by Gasteiger charge is 2.20. The molecule has 9 heteroatoms. The molecule has 0 aliphatic carbocycles. The lowest BCUT2D eigenvalue weighted by molar-refractivity contribution is -0.128. The number of H-pyrrole nitrogens is 2. The Morgan fingerprint density at radius 2 is 1.80 bits per heavy atom. The minimum atomic E-state index is -0.612. The van der Waals surface area contributed by atoms with Crippen molar-refractivity contribution >= 4 is 34.5 Å². The molecule has 3 N–H and O–H groups in total. The van der Waals surface area contributed by atoms with Gasteiger partial charge in [-0.1, -0.05) is 12.1 Å². The first kappa shape index (κ1) is 19.4. The number of hydrogen-bond acceptors (Lipinski definition) is 5. The number of rotatable bonds is 6. The molecule has 1 aliphatic heterocycles. The summed E-state index contributed by atoms with van der Waals surface area (Å²) in [5.74, 6) is -0.962. The SMILES string of the molecule is O=C(COC(=O)c1ccc(CN2CCCC2=O)cc1)Nc1ccc2[nH]c(=O)[nH]c2c1. The molecule has 9 nitrogen and oxygen atoms in total. The number of benzene rings is 2. The van der Waals surface area contributed by atoms with E-state index in [-0.39, 0.29) is 11.6 Å². The Morgan fingerprint density at radius 1 is 1.03 bits per heavy atom. The van der Waals surface area contributed by atoms with Gasteiger partial charge in [-0.15, -0.1) is 0 Å². The Morgan fingerprint density at radius 3 is 2.53 bits per heavy atom. The summed E-state index contributed by atoms with van der Waals surface area (Å²) in [6.45, 7) is 0.836. The van der Waals surface area contributed by atoms with Crippen molar-refractivity contribution < 1.29 is 19.1 Å². The summed E-state index contributed by atoms with van der Waals surface area (Å²) in [5, 5.41) is 2.61. The number of nitrogens with zero attached hydrogens (tertiary/aromatic N) is 1. The maximum atomic E-state index is 12.2. The van der Waals surface area contributed by atoms with Crippen molar-refractivity contribution in [3.63, 3.8) is 0 Å². The largest absolute Gasteiger partial charge is 0.452 e. The smallest absolute Gasteiger partial charge is 0.338 e. The van der Waals surface area contributed by atoms with Crippen LogP contribution in [0.4, 0.5) is 5.69 Å². The van der Waals surface area contributed by atoms with Gasteiger partial charge >= 0.3 is 11.7 Å². The zero-order chi connectivity index (χ0) is 21.1. The molecular weight excluding hydrogens is 388 g/mol. The highest BCUT2D eigenvalue weighted by Crippen LogP contribution is 2.16. The number of aromatic amines is 2. The molecule has 1 fully saturated rings. The van der Waals surface area contributed by atoms with E-state index in [2.05, 4.69) is 15.3 Å². The zero-order valence-corrected chi connectivity index (χ0v) is 16.1. The Kier molecular flexibility index (Phi) is 5.34. The summed E-state index contributed by atoms with van der Waals surface area (Å²) < 4.78 is 5.06. The van der Waals surface area contributed by atoms with E-state index in [1.54, 1.807) is 47.4 Å². The van der Waals surface area contributed by atoms with Crippen LogP contribution < -0.4 is 11.0 Å². The average molecular weight is 408 g/mol. The second-order valence-electron chi connectivity index (χ2n) is 7.08. The fourth-order valence-electron chi connectivity index (χ4n) is 3.36. The number of nitrogens with one attached hydrogen (secondary N) is 3. The number of carbonyl (C=O) groups is 3. The lowest BCUT2D eigenvalue weighted by Crippen LogP contribution is -2.23. The van der Waals surface area contributed by atoms with Crippen LogP contribution in [0.3, 0.4) is 0 Å². The molecule has 1 aliphatic rings. The Labute approximate surface area is 171 Å². The molecule has 2 amide bonds. The third-order valence-electron chi connectivity index (χ3n) is 4.87. The molecule has 0 saturated carbocycles. The molecule has 0 atom stereocenters. The molecule has 0 spiro atoms. The number of imidazole rings is 1. The van der Waals surface area contributed by atoms with Crippen molar-refractivity contribution in [1.82, 2.24) is 14.9 Å². The van der Waals surface area contributed by atoms with Crippen LogP contribution >= 0.6 is 0 Å². The number of esters is 1. The second kappa shape index (κ2) is 8.24. The maximum Gasteiger partial charge on any atom is 0.338 e. The van der Waals surface area contributed by atoms with Crippen LogP contribution in [0.5, 0.6) is 0 Å². The van der Waals surface area contributed by atoms with Crippen molar-refractivity contribution in [2.45, 2.75) is 19.4 Å². The van der Waals surface area contributed by atoms with E-state index in [9.17, 15) is 19.2 Å². The fourth-order valence-corrected chi connectivity index (χ4v) is 3.36. The Bertz CT molecular complexity index is 1160. The summed E-state index contributed by atoms with van der Waals surface area (Å²) in [6.07, 6.45) is 1.46. The minimum Gasteiger partial charge on any atom is -0.452 e. The van der Waals surface area contributed by atoms with E-state index in [0.29, 0.717) is 35.2 Å². The Balaban J connectivity index is 1.29. The summed E-state index contributed by atoms with van der Waals surface area (Å²) in [6, 6.07) is 11.7. The monoisotopic (exact) mass is 408 g/mol. The summed E-state index contributed by atoms with van der Waals surface area (Å²) in [4.78, 5) is 54.2. The molecule has 1 saturated heterocycles. The molecule has 2 heterocycles. The number of likely N-dealkylation sites (tertiary alicyclic amines) is 1. The lowest BCUT2D eigenvalue weighted by atomic mass is 10.1. The summed E-state index contributed by atoms with van der Waals surface area (Å²) in [5.41, 5.74) is 2.58. The highest BCUT2D eigenvalue weighted by atomic mass is 16.5. The van der Waals surface area contributed by atoms with Crippen molar-refractivity contribution in [2.24, 2.45) is 0 Å². The molecule has 1 aromatic heterocycles. The quantitative estimate of drug-likeness (QED) is 0.536. The minimum absolute atomic E-state index is 0.145. The van der Waals surface area contributed by atoms with E-state index in [1.807, 2.05) is 0 Å². The fraction of sp³-hybridized carbons (Fsp3) is 0.238. The molecule has 2 aromatic carbocycles. The molecule has 0 bridgehead atoms. The van der Waals surface area contributed by atoms with Gasteiger partial charge in [-0.05, 0) is 42.3 Å². The van der Waals surface area contributed by atoms with Gasteiger partial charge in [-0.3, -0.25) is 9.59 Å². The second-order valence-corrected chi connectivity index (χ2v) is 7.08. The number of carbonyl (C=O) groups excluding carboxylic acids is 3. The number of anilines is 1. The maximum absolute atomic E-state index is 12.2. The highest BCUT2D eigenvalue weighted by molar-refractivity contribution is 5.96. The molecule has 0 unspecified atom stereocenters. The van der Waals surface area contributed by atoms with Crippen molar-refractivity contribution in [1.29, 1.82) is 0 Å². The molecule has 154 valence electrons. The van der Waals surface area contributed by atoms with E-state index in [4.69, 9.17) is 4.74 Å². The van der Waals surface area contributed by atoms with Gasteiger partial charge in [0.2, 0.25) is 5.91 Å². The van der Waals surface area contributed by atoms with Gasteiger partial charge in [-0.2, -0.15) is 0 Å². The molecule has 3 aromatic rings. The van der Waals surface area contributed by atoms with E-state index in [1.165, 1.54) is 0 Å². The van der Waals surface area contributed by atoms with Gasteiger partial charge in [0.25, 0.3) is 5.91 Å². The first-order chi connectivity index (χ1) is 14.5. The zero-order valence-electron chi connectivity index (χ0n) is 16.1. The third-order valence-corrected chi connectivity index (χ3v) is 4.87. The van der Waals surface area contributed by atoms with Crippen LogP contribution in [0.1, 0.15) is 28.8 Å². The van der Waals surface area contributed by atoms with Crippen molar-refractivity contribution in [2.75, 3.05) is 18.5 Å². The first-order valence-electron chi connectivity index (χ1n) is 9.54. The van der Waals surface area contributed by atoms with Crippen LogP contribution in [0.25, 0.3) is 11.0 Å². The lowest BCUT2D eigenvalue weighted by Gasteiger charge is -2.15. The van der Waals surface area contributed by atoms with Crippen molar-refractivity contribution in [3.8, 4) is 0 Å². The summed E-state index contributed by atoms with van der Waals surface area (Å²) in [7, 11) is 0. The van der Waals surface area contributed by atoms with Crippen LogP contribution in [0.15, 0.2) is 47.3 Å². The molecular formula is C21H20N4O5. The number of amides is 2. The average Bonchev–Trinajstić information content (AvgIpc) is 3.30. The number of fused-ring (bicyclic) bond motifs is 1. The Hall–Kier alpha value is -3.88. The standard InChI is InChI=1S/C21H20N4O5/c26-18(22-15-7-8-16-17(10-15)24-21(29)23-16)12-30-20(28)14-5-3-13(4-6-14)11-25-9-1-2-19(25)27/h3-8,10H,1-2,9,11-12H2,(H,22,26)(H2,23,24,29). The molecule has 4 rings (SSSR count). The van der Waals surface area contributed by atoms with Crippen LogP contribution in [0, 0.1) is 0 Å². The molecule has 30 heavy (non-hydrogen) atoms. The van der Waals surface area contributed by atoms with E-state index in [0.717, 1.165) is 18.5 Å². The predicted octanol–water partition coefficient (Wildman–Crippen LogP) is 1.77. The normalized spacial score (nSPS) is 13.6. The first-order valence-corrected chi connectivity index (χ1v) is 9.54. The van der Waals surface area contributed by atoms with Gasteiger partial charge in [0.1, 0.15) is 0 Å². The van der Waals surface area contributed by atoms with Crippen LogP contribution in [0.2, 0.25) is 0 Å². The number of hydrogen-bond donors (Lipinski definition) is 3. The topological polar surface area (TPSA) is 124 Å². The van der Waals surface area contributed by atoms with Gasteiger partial charge in [0.15, 0.2) is 6.61 Å². The van der Waals surface area contributed by atoms with Gasteiger partial charge < -0.3 is 24.9 Å². The predicted molar refractivity (Wildman–Crippen MR) is 109 cm³/mol. The van der Waals surface area contributed by atoms with Gasteiger partial charge in [0, 0.05) is 25.2 Å². The number of ether oxygens (including phenoxy) is 1. The van der Waals surface area contributed by atoms with Crippen molar-refractivity contribution in [3.05, 3.63) is 64.1 Å². The van der Waals surface area contributed by atoms with Gasteiger partial charge in [-0.25, -0.2) is 9.59 Å². The summed E-state index contributed by atoms with van der Waals surface area (Å²) >= 11 is 0. The van der Waals surface area contributed by atoms with Gasteiger partial charge in [0.05, 0.1) is 16.6 Å². The number of aromatic nitrogens is 2. The van der Waals surface area contributed by atoms with Crippen LogP contribution in [-0.2, 0) is 20.9 Å². The van der Waals surface area contributed by atoms with E-state index < -0.39 is 18.5 Å². The third kappa shape index (κ3) is 4.40. The van der Waals surface area contributed by atoms with E-state index >= 15 is 0 Å².